The van der Waals surface area contributed by atoms with Gasteiger partial charge in [-0.2, -0.15) is 11.3 Å². The number of thiazole rings is 1. The van der Waals surface area contributed by atoms with Crippen LogP contribution in [0.5, 0.6) is 0 Å². The second-order valence-corrected chi connectivity index (χ2v) is 8.93. The van der Waals surface area contributed by atoms with Crippen molar-refractivity contribution in [3.8, 4) is 10.6 Å². The van der Waals surface area contributed by atoms with Gasteiger partial charge in [0.25, 0.3) is 0 Å². The molecule has 146 valence electrons. The summed E-state index contributed by atoms with van der Waals surface area (Å²) in [6.07, 6.45) is 4.26. The van der Waals surface area contributed by atoms with Gasteiger partial charge in [-0.15, -0.1) is 11.3 Å². The molecule has 0 bridgehead atoms. The first-order valence-electron chi connectivity index (χ1n) is 9.74. The van der Waals surface area contributed by atoms with Crippen LogP contribution in [-0.4, -0.2) is 35.9 Å². The highest BCUT2D eigenvalue weighted by atomic mass is 32.1. The maximum absolute atomic E-state index is 12.6. The highest BCUT2D eigenvalue weighted by Crippen LogP contribution is 2.26. The van der Waals surface area contributed by atoms with Crippen LogP contribution in [0.1, 0.15) is 30.5 Å². The molecule has 0 spiro atoms. The summed E-state index contributed by atoms with van der Waals surface area (Å²) in [6, 6.07) is 10.7. The van der Waals surface area contributed by atoms with E-state index in [9.17, 15) is 4.79 Å². The highest BCUT2D eigenvalue weighted by Gasteiger charge is 2.14. The number of aromatic nitrogens is 1. The van der Waals surface area contributed by atoms with Crippen molar-refractivity contribution in [1.29, 1.82) is 0 Å². The number of anilines is 1. The van der Waals surface area contributed by atoms with Crippen molar-refractivity contribution in [3.05, 3.63) is 57.7 Å². The lowest BCUT2D eigenvalue weighted by atomic mass is 10.1. The van der Waals surface area contributed by atoms with Crippen LogP contribution in [0, 0.1) is 0 Å². The lowest BCUT2D eigenvalue weighted by Crippen LogP contribution is -2.29. The summed E-state index contributed by atoms with van der Waals surface area (Å²) in [7, 11) is 1.87. The van der Waals surface area contributed by atoms with E-state index < -0.39 is 0 Å². The maximum atomic E-state index is 12.6. The molecular weight excluding hydrogens is 386 g/mol. The Kier molecular flexibility index (Phi) is 6.07. The molecule has 1 aromatic carbocycles. The van der Waals surface area contributed by atoms with E-state index in [1.165, 1.54) is 24.9 Å². The van der Waals surface area contributed by atoms with Gasteiger partial charge < -0.3 is 9.80 Å². The minimum atomic E-state index is 0.0993. The largest absolute Gasteiger partial charge is 0.372 e. The maximum Gasteiger partial charge on any atom is 0.228 e. The molecule has 4 nitrogen and oxygen atoms in total. The molecule has 1 aliphatic rings. The first-order valence-corrected chi connectivity index (χ1v) is 11.6. The first-order chi connectivity index (χ1) is 13.7. The Hall–Kier alpha value is -2.18. The van der Waals surface area contributed by atoms with Gasteiger partial charge >= 0.3 is 0 Å². The summed E-state index contributed by atoms with van der Waals surface area (Å²) in [5.74, 6) is 0.0993. The highest BCUT2D eigenvalue weighted by molar-refractivity contribution is 7.14. The van der Waals surface area contributed by atoms with Crippen LogP contribution >= 0.6 is 22.7 Å². The Morgan fingerprint density at radius 1 is 1.11 bits per heavy atom. The third-order valence-corrected chi connectivity index (χ3v) is 6.78. The van der Waals surface area contributed by atoms with Gasteiger partial charge in [0.05, 0.1) is 12.1 Å². The van der Waals surface area contributed by atoms with Gasteiger partial charge in [-0.3, -0.25) is 4.79 Å². The zero-order valence-corrected chi connectivity index (χ0v) is 17.8. The molecule has 1 amide bonds. The number of carbonyl (C=O) groups is 1. The molecule has 1 aliphatic heterocycles. The van der Waals surface area contributed by atoms with Crippen LogP contribution in [0.2, 0.25) is 0 Å². The van der Waals surface area contributed by atoms with Gasteiger partial charge in [0.2, 0.25) is 5.91 Å². The number of carbonyl (C=O) groups excluding carboxylic acids is 1. The molecule has 0 saturated carbocycles. The molecule has 3 aromatic rings. The van der Waals surface area contributed by atoms with Crippen molar-refractivity contribution in [2.24, 2.45) is 0 Å². The van der Waals surface area contributed by atoms with Gasteiger partial charge in [0, 0.05) is 48.7 Å². The Morgan fingerprint density at radius 3 is 2.61 bits per heavy atom. The number of nitrogens with zero attached hydrogens (tertiary/aromatic N) is 3. The summed E-state index contributed by atoms with van der Waals surface area (Å²) in [5.41, 5.74) is 4.44. The van der Waals surface area contributed by atoms with E-state index in [-0.39, 0.29) is 5.91 Å². The minimum absolute atomic E-state index is 0.0993. The van der Waals surface area contributed by atoms with Crippen molar-refractivity contribution >= 4 is 34.3 Å². The molecule has 0 N–H and O–H groups in total. The van der Waals surface area contributed by atoms with Gasteiger partial charge in [0.1, 0.15) is 5.01 Å². The number of hydrogen-bond donors (Lipinski definition) is 0. The van der Waals surface area contributed by atoms with Gasteiger partial charge in [0.15, 0.2) is 0 Å². The van der Waals surface area contributed by atoms with Crippen LogP contribution in [0.25, 0.3) is 10.6 Å². The lowest BCUT2D eigenvalue weighted by Gasteiger charge is -2.29. The van der Waals surface area contributed by atoms with E-state index in [1.807, 2.05) is 17.8 Å². The third kappa shape index (κ3) is 4.62. The van der Waals surface area contributed by atoms with Crippen molar-refractivity contribution < 1.29 is 4.79 Å². The van der Waals surface area contributed by atoms with Crippen molar-refractivity contribution in [1.82, 2.24) is 9.88 Å². The summed E-state index contributed by atoms with van der Waals surface area (Å²) < 4.78 is 0. The minimum Gasteiger partial charge on any atom is -0.372 e. The van der Waals surface area contributed by atoms with Crippen LogP contribution in [0.15, 0.2) is 46.5 Å². The number of benzene rings is 1. The monoisotopic (exact) mass is 411 g/mol. The number of amides is 1. The Balaban J connectivity index is 1.33. The smallest absolute Gasteiger partial charge is 0.228 e. The Morgan fingerprint density at radius 2 is 1.89 bits per heavy atom. The number of piperidine rings is 1. The summed E-state index contributed by atoms with van der Waals surface area (Å²) in [4.78, 5) is 21.5. The first kappa shape index (κ1) is 19.2. The molecule has 0 radical (unpaired) electrons. The average molecular weight is 412 g/mol. The fourth-order valence-electron chi connectivity index (χ4n) is 3.52. The molecule has 28 heavy (non-hydrogen) atoms. The molecular formula is C22H25N3OS2. The SMILES string of the molecule is CN(Cc1ccc(N2CCCCC2)cc1)C(=O)Cc1csc(-c2ccsc2)n1. The number of rotatable bonds is 6. The number of likely N-dealkylation sites (N-methyl/N-ethyl adjacent to an activating group) is 1. The zero-order valence-electron chi connectivity index (χ0n) is 16.1. The fourth-order valence-corrected chi connectivity index (χ4v) is 5.05. The van der Waals surface area contributed by atoms with Gasteiger partial charge in [-0.1, -0.05) is 12.1 Å². The van der Waals surface area contributed by atoms with E-state index in [4.69, 9.17) is 0 Å². The molecule has 0 atom stereocenters. The predicted molar refractivity (Wildman–Crippen MR) is 118 cm³/mol. The quantitative estimate of drug-likeness (QED) is 0.569. The van der Waals surface area contributed by atoms with Crippen LogP contribution < -0.4 is 4.90 Å². The van der Waals surface area contributed by atoms with E-state index in [1.54, 1.807) is 27.6 Å². The van der Waals surface area contributed by atoms with Crippen molar-refractivity contribution in [3.63, 3.8) is 0 Å². The molecule has 0 unspecified atom stereocenters. The van der Waals surface area contributed by atoms with Gasteiger partial charge in [-0.25, -0.2) is 4.98 Å². The van der Waals surface area contributed by atoms with E-state index in [2.05, 4.69) is 45.6 Å². The molecule has 0 aliphatic carbocycles. The summed E-state index contributed by atoms with van der Waals surface area (Å²) >= 11 is 3.26. The van der Waals surface area contributed by atoms with Gasteiger partial charge in [-0.05, 0) is 48.4 Å². The number of thiophene rings is 1. The Bertz CT molecular complexity index is 896. The van der Waals surface area contributed by atoms with E-state index in [0.717, 1.165) is 34.9 Å². The van der Waals surface area contributed by atoms with Crippen molar-refractivity contribution in [2.45, 2.75) is 32.2 Å². The predicted octanol–water partition coefficient (Wildman–Crippen LogP) is 5.06. The molecule has 4 rings (SSSR count). The third-order valence-electron chi connectivity index (χ3n) is 5.16. The zero-order chi connectivity index (χ0) is 19.3. The topological polar surface area (TPSA) is 36.4 Å². The second-order valence-electron chi connectivity index (χ2n) is 7.30. The normalized spacial score (nSPS) is 14.2. The molecule has 3 heterocycles. The van der Waals surface area contributed by atoms with E-state index >= 15 is 0 Å². The van der Waals surface area contributed by atoms with Crippen LogP contribution in [0.4, 0.5) is 5.69 Å². The van der Waals surface area contributed by atoms with E-state index in [0.29, 0.717) is 13.0 Å². The average Bonchev–Trinajstić information content (AvgIpc) is 3.41. The number of hydrogen-bond acceptors (Lipinski definition) is 5. The summed E-state index contributed by atoms with van der Waals surface area (Å²) in [6.45, 7) is 2.93. The van der Waals surface area contributed by atoms with Crippen molar-refractivity contribution in [2.75, 3.05) is 25.0 Å². The lowest BCUT2D eigenvalue weighted by molar-refractivity contribution is -0.129. The molecule has 6 heteroatoms. The Labute approximate surface area is 174 Å². The van der Waals surface area contributed by atoms with Crippen LogP contribution in [-0.2, 0) is 17.8 Å². The molecule has 2 aromatic heterocycles. The molecule has 1 fully saturated rings. The molecule has 1 saturated heterocycles. The standard InChI is InChI=1S/C22H25N3OS2/c1-24(14-17-5-7-20(8-6-17)25-10-3-2-4-11-25)21(26)13-19-16-28-22(23-19)18-9-12-27-15-18/h5-9,12,15-16H,2-4,10-11,13-14H2,1H3. The summed E-state index contributed by atoms with van der Waals surface area (Å²) in [5, 5.41) is 7.11. The second kappa shape index (κ2) is 8.88. The van der Waals surface area contributed by atoms with Crippen LogP contribution in [0.3, 0.4) is 0 Å². The fraction of sp³-hybridized carbons (Fsp3) is 0.364.